The van der Waals surface area contributed by atoms with Crippen LogP contribution in [-0.4, -0.2) is 35.2 Å². The van der Waals surface area contributed by atoms with Gasteiger partial charge in [-0.2, -0.15) is 0 Å². The molecule has 2 aromatic carbocycles. The van der Waals surface area contributed by atoms with Gasteiger partial charge in [-0.25, -0.2) is 0 Å². The molecule has 0 bridgehead atoms. The fourth-order valence-corrected chi connectivity index (χ4v) is 4.47. The number of carbonyl (C=O) groups excluding carboxylic acids is 2. The van der Waals surface area contributed by atoms with Crippen molar-refractivity contribution in [1.29, 1.82) is 0 Å². The minimum Gasteiger partial charge on any atom is -0.494 e. The lowest BCUT2D eigenvalue weighted by Crippen LogP contribution is -2.24. The van der Waals surface area contributed by atoms with E-state index in [9.17, 15) is 9.59 Å². The van der Waals surface area contributed by atoms with Crippen molar-refractivity contribution in [2.45, 2.75) is 32.1 Å². The normalized spacial score (nSPS) is 15.8. The van der Waals surface area contributed by atoms with Crippen LogP contribution >= 0.6 is 22.9 Å². The molecule has 1 fully saturated rings. The van der Waals surface area contributed by atoms with E-state index in [-0.39, 0.29) is 17.7 Å². The van der Waals surface area contributed by atoms with Crippen LogP contribution in [0.25, 0.3) is 0 Å². The Morgan fingerprint density at radius 3 is 2.84 bits per heavy atom. The summed E-state index contributed by atoms with van der Waals surface area (Å²) in [7, 11) is 0. The highest BCUT2D eigenvalue weighted by molar-refractivity contribution is 7.15. The molecule has 0 saturated carbocycles. The van der Waals surface area contributed by atoms with E-state index in [2.05, 4.69) is 15.5 Å². The fraction of sp³-hybridized carbons (Fsp3) is 0.304. The largest absolute Gasteiger partial charge is 0.494 e. The maximum absolute atomic E-state index is 12.5. The maximum Gasteiger partial charge on any atom is 0.227 e. The van der Waals surface area contributed by atoms with Gasteiger partial charge in [0.05, 0.1) is 6.61 Å². The maximum atomic E-state index is 12.5. The first-order valence-electron chi connectivity index (χ1n) is 10.4. The van der Waals surface area contributed by atoms with E-state index in [1.54, 1.807) is 4.90 Å². The summed E-state index contributed by atoms with van der Waals surface area (Å²) >= 11 is 7.52. The van der Waals surface area contributed by atoms with Gasteiger partial charge in [0.15, 0.2) is 0 Å². The zero-order valence-electron chi connectivity index (χ0n) is 17.6. The third-order valence-corrected chi connectivity index (χ3v) is 6.60. The van der Waals surface area contributed by atoms with Gasteiger partial charge in [-0.3, -0.25) is 9.59 Å². The molecule has 32 heavy (non-hydrogen) atoms. The Kier molecular flexibility index (Phi) is 7.02. The van der Waals surface area contributed by atoms with Crippen LogP contribution in [0, 0.1) is 6.92 Å². The Bertz CT molecular complexity index is 1110. The SMILES string of the molecule is Cc1ccc(N2CC(c3nnc(NC(=O)CCCOc4ccccc4)s3)CC2=O)cc1Cl. The van der Waals surface area contributed by atoms with Gasteiger partial charge in [-0.1, -0.05) is 47.2 Å². The second kappa shape index (κ2) is 10.1. The topological polar surface area (TPSA) is 84.4 Å². The summed E-state index contributed by atoms with van der Waals surface area (Å²) in [5.74, 6) is 0.608. The van der Waals surface area contributed by atoms with Crippen molar-refractivity contribution in [3.8, 4) is 5.75 Å². The molecule has 7 nitrogen and oxygen atoms in total. The molecular weight excluding hydrogens is 448 g/mol. The molecule has 1 aliphatic heterocycles. The van der Waals surface area contributed by atoms with Crippen LogP contribution < -0.4 is 15.0 Å². The minimum absolute atomic E-state index is 0.0223. The molecule has 0 spiro atoms. The second-order valence-corrected chi connectivity index (χ2v) is 9.01. The van der Waals surface area contributed by atoms with Gasteiger partial charge >= 0.3 is 0 Å². The number of rotatable bonds is 8. The van der Waals surface area contributed by atoms with Crippen molar-refractivity contribution >= 4 is 45.6 Å². The molecule has 9 heteroatoms. The van der Waals surface area contributed by atoms with E-state index in [0.29, 0.717) is 42.6 Å². The molecule has 1 aliphatic rings. The summed E-state index contributed by atoms with van der Waals surface area (Å²) < 4.78 is 5.60. The lowest BCUT2D eigenvalue weighted by Gasteiger charge is -2.17. The first-order valence-corrected chi connectivity index (χ1v) is 11.6. The number of anilines is 2. The zero-order valence-corrected chi connectivity index (χ0v) is 19.2. The van der Waals surface area contributed by atoms with Gasteiger partial charge in [-0.15, -0.1) is 10.2 Å². The van der Waals surface area contributed by atoms with E-state index < -0.39 is 0 Å². The molecule has 0 radical (unpaired) electrons. The smallest absolute Gasteiger partial charge is 0.227 e. The number of aromatic nitrogens is 2. The molecule has 2 amide bonds. The first-order chi connectivity index (χ1) is 15.5. The van der Waals surface area contributed by atoms with Crippen molar-refractivity contribution in [3.05, 3.63) is 64.1 Å². The van der Waals surface area contributed by atoms with Gasteiger partial charge in [0.25, 0.3) is 0 Å². The lowest BCUT2D eigenvalue weighted by atomic mass is 10.1. The van der Waals surface area contributed by atoms with Gasteiger partial charge in [0, 0.05) is 36.0 Å². The Balaban J connectivity index is 1.27. The molecule has 166 valence electrons. The van der Waals surface area contributed by atoms with Gasteiger partial charge < -0.3 is 15.0 Å². The summed E-state index contributed by atoms with van der Waals surface area (Å²) in [4.78, 5) is 26.5. The number of benzene rings is 2. The standard InChI is InChI=1S/C23H23ClN4O3S/c1-15-9-10-17(13-19(15)24)28-14-16(12-21(28)30)22-26-27-23(32-22)25-20(29)8-5-11-31-18-6-3-2-4-7-18/h2-4,6-7,9-10,13,16H,5,8,11-12,14H2,1H3,(H,25,27,29). The van der Waals surface area contributed by atoms with E-state index in [0.717, 1.165) is 22.0 Å². The number of carbonyl (C=O) groups is 2. The number of hydrogen-bond acceptors (Lipinski definition) is 6. The summed E-state index contributed by atoms with van der Waals surface area (Å²) in [6.07, 6.45) is 1.27. The summed E-state index contributed by atoms with van der Waals surface area (Å²) in [5, 5.41) is 12.9. The average molecular weight is 471 g/mol. The lowest BCUT2D eigenvalue weighted by molar-refractivity contribution is -0.117. The van der Waals surface area contributed by atoms with Crippen LogP contribution in [0.15, 0.2) is 48.5 Å². The van der Waals surface area contributed by atoms with E-state index in [1.807, 2.05) is 55.5 Å². The van der Waals surface area contributed by atoms with Crippen LogP contribution in [0.1, 0.15) is 35.8 Å². The second-order valence-electron chi connectivity index (χ2n) is 7.60. The van der Waals surface area contributed by atoms with Crippen LogP contribution in [0.5, 0.6) is 5.75 Å². The Morgan fingerprint density at radius 1 is 1.25 bits per heavy atom. The number of nitrogens with one attached hydrogen (secondary N) is 1. The van der Waals surface area contributed by atoms with E-state index >= 15 is 0 Å². The van der Waals surface area contributed by atoms with Crippen LogP contribution in [0.2, 0.25) is 5.02 Å². The van der Waals surface area contributed by atoms with Crippen molar-refractivity contribution in [2.24, 2.45) is 0 Å². The highest BCUT2D eigenvalue weighted by atomic mass is 35.5. The average Bonchev–Trinajstić information content (AvgIpc) is 3.40. The number of ether oxygens (including phenoxy) is 1. The van der Waals surface area contributed by atoms with Crippen LogP contribution in [0.3, 0.4) is 0 Å². The number of halogens is 1. The molecule has 1 N–H and O–H groups in total. The van der Waals surface area contributed by atoms with Crippen LogP contribution in [-0.2, 0) is 9.59 Å². The van der Waals surface area contributed by atoms with Crippen molar-refractivity contribution in [3.63, 3.8) is 0 Å². The number of hydrogen-bond donors (Lipinski definition) is 1. The molecule has 2 heterocycles. The number of amides is 2. The first kappa shape index (κ1) is 22.2. The zero-order chi connectivity index (χ0) is 22.5. The van der Waals surface area contributed by atoms with Crippen molar-refractivity contribution < 1.29 is 14.3 Å². The predicted molar refractivity (Wildman–Crippen MR) is 126 cm³/mol. The number of aryl methyl sites for hydroxylation is 1. The third kappa shape index (κ3) is 5.44. The van der Waals surface area contributed by atoms with Gasteiger partial charge in [0.1, 0.15) is 10.8 Å². The monoisotopic (exact) mass is 470 g/mol. The van der Waals surface area contributed by atoms with E-state index in [1.165, 1.54) is 11.3 Å². The highest BCUT2D eigenvalue weighted by Gasteiger charge is 2.34. The molecule has 1 saturated heterocycles. The molecule has 1 atom stereocenters. The molecule has 0 aliphatic carbocycles. The predicted octanol–water partition coefficient (Wildman–Crippen LogP) is 4.82. The van der Waals surface area contributed by atoms with Crippen LogP contribution in [0.4, 0.5) is 10.8 Å². The molecule has 1 aromatic heterocycles. The van der Waals surface area contributed by atoms with Gasteiger partial charge in [0.2, 0.25) is 16.9 Å². The Labute approximate surface area is 195 Å². The molecular formula is C23H23ClN4O3S. The number of para-hydroxylation sites is 1. The molecule has 4 rings (SSSR count). The fourth-order valence-electron chi connectivity index (χ4n) is 3.44. The summed E-state index contributed by atoms with van der Waals surface area (Å²) in [6.45, 7) is 2.90. The van der Waals surface area contributed by atoms with Gasteiger partial charge in [-0.05, 0) is 43.2 Å². The van der Waals surface area contributed by atoms with E-state index in [4.69, 9.17) is 16.3 Å². The quantitative estimate of drug-likeness (QED) is 0.477. The van der Waals surface area contributed by atoms with Crippen molar-refractivity contribution in [2.75, 3.05) is 23.4 Å². The summed E-state index contributed by atoms with van der Waals surface area (Å²) in [6, 6.07) is 15.1. The minimum atomic E-state index is -0.136. The molecule has 1 unspecified atom stereocenters. The third-order valence-electron chi connectivity index (χ3n) is 5.19. The highest BCUT2D eigenvalue weighted by Crippen LogP contribution is 2.35. The Morgan fingerprint density at radius 2 is 2.06 bits per heavy atom. The number of nitrogens with zero attached hydrogens (tertiary/aromatic N) is 3. The Hall–Kier alpha value is -2.97. The van der Waals surface area contributed by atoms with Crippen molar-refractivity contribution in [1.82, 2.24) is 10.2 Å². The molecule has 3 aromatic rings. The summed E-state index contributed by atoms with van der Waals surface area (Å²) in [5.41, 5.74) is 1.75.